The molecule has 0 aromatic carbocycles. The number of aliphatic hydroxyl groups is 1. The van der Waals surface area contributed by atoms with Crippen LogP contribution in [0.2, 0.25) is 0 Å². The Balaban J connectivity index is 2.16. The van der Waals surface area contributed by atoms with Crippen LogP contribution in [0.4, 0.5) is 0 Å². The average Bonchev–Trinajstić information content (AvgIpc) is 2.90. The summed E-state index contributed by atoms with van der Waals surface area (Å²) in [5, 5.41) is 10.6. The molecule has 1 heterocycles. The predicted molar refractivity (Wildman–Crippen MR) is 63.1 cm³/mol. The highest BCUT2D eigenvalue weighted by atomic mass is 16.5. The Morgan fingerprint density at radius 1 is 1.41 bits per heavy atom. The number of hydrogen-bond donors (Lipinski definition) is 1. The van der Waals surface area contributed by atoms with Crippen LogP contribution in [-0.4, -0.2) is 23.8 Å². The number of allylic oxidation sites excluding steroid dienone is 2. The van der Waals surface area contributed by atoms with Gasteiger partial charge in [0.15, 0.2) is 0 Å². The summed E-state index contributed by atoms with van der Waals surface area (Å²) in [6, 6.07) is 0. The normalized spacial score (nSPS) is 48.6. The summed E-state index contributed by atoms with van der Waals surface area (Å²) >= 11 is 0. The van der Waals surface area contributed by atoms with E-state index in [4.69, 9.17) is 4.74 Å². The smallest absolute Gasteiger partial charge is 0.316 e. The average molecular weight is 236 g/mol. The number of esters is 1. The predicted octanol–water partition coefficient (Wildman–Crippen LogP) is 1.76. The van der Waals surface area contributed by atoms with Crippen LogP contribution in [0.5, 0.6) is 0 Å². The fourth-order valence-corrected chi connectivity index (χ4v) is 4.39. The van der Waals surface area contributed by atoms with Gasteiger partial charge in [0, 0.05) is 5.41 Å². The molecule has 2 aliphatic carbocycles. The maximum absolute atomic E-state index is 12.3. The van der Waals surface area contributed by atoms with E-state index in [1.54, 1.807) is 0 Å². The second-order valence-corrected chi connectivity index (χ2v) is 6.39. The maximum Gasteiger partial charge on any atom is 0.316 e. The van der Waals surface area contributed by atoms with Crippen molar-refractivity contribution in [2.45, 2.75) is 33.3 Å². The lowest BCUT2D eigenvalue weighted by atomic mass is 9.56. The van der Waals surface area contributed by atoms with E-state index in [2.05, 4.69) is 19.1 Å². The quantitative estimate of drug-likeness (QED) is 0.587. The summed E-state index contributed by atoms with van der Waals surface area (Å²) < 4.78 is 5.34. The van der Waals surface area contributed by atoms with E-state index in [1.165, 1.54) is 0 Å². The van der Waals surface area contributed by atoms with Crippen LogP contribution in [-0.2, 0) is 9.53 Å². The molecule has 2 bridgehead atoms. The molecule has 1 aliphatic heterocycles. The SMILES string of the molecule is CC(C)[C@H](O)[C@@]12C(=O)OC[C@]1(C)[C@@H]1C=C[C@H]2C1. The standard InChI is InChI=1S/C14H20O3/c1-8(2)11(15)14-10-5-4-9(6-10)13(14,3)7-17-12(14)16/h4-5,8-11,15H,6-7H2,1-3H3/t9-,10+,11+,13-,14+/m1/s1. The molecule has 94 valence electrons. The van der Waals surface area contributed by atoms with Crippen molar-refractivity contribution in [2.24, 2.45) is 28.6 Å². The molecule has 3 heteroatoms. The molecular weight excluding hydrogens is 216 g/mol. The second-order valence-electron chi connectivity index (χ2n) is 6.39. The van der Waals surface area contributed by atoms with Gasteiger partial charge in [-0.15, -0.1) is 0 Å². The summed E-state index contributed by atoms with van der Waals surface area (Å²) in [5.41, 5.74) is -0.909. The third-order valence-electron chi connectivity index (χ3n) is 5.37. The number of carbonyl (C=O) groups excluding carboxylic acids is 1. The minimum atomic E-state index is -0.694. The minimum Gasteiger partial charge on any atom is -0.465 e. The van der Waals surface area contributed by atoms with Gasteiger partial charge in [0.2, 0.25) is 0 Å². The van der Waals surface area contributed by atoms with Crippen LogP contribution in [0.25, 0.3) is 0 Å². The van der Waals surface area contributed by atoms with Crippen molar-refractivity contribution in [2.75, 3.05) is 6.61 Å². The molecule has 0 radical (unpaired) electrons. The number of rotatable bonds is 2. The van der Waals surface area contributed by atoms with Gasteiger partial charge in [0.1, 0.15) is 5.41 Å². The Morgan fingerprint density at radius 2 is 2.06 bits per heavy atom. The molecule has 1 N–H and O–H groups in total. The van der Waals surface area contributed by atoms with Crippen molar-refractivity contribution in [1.82, 2.24) is 0 Å². The molecule has 0 aromatic rings. The van der Waals surface area contributed by atoms with E-state index in [0.717, 1.165) is 6.42 Å². The number of ether oxygens (including phenoxy) is 1. The first-order valence-corrected chi connectivity index (χ1v) is 6.48. The summed E-state index contributed by atoms with van der Waals surface area (Å²) in [5.74, 6) is 0.433. The molecule has 5 atom stereocenters. The Labute approximate surface area is 102 Å². The molecule has 0 unspecified atom stereocenters. The van der Waals surface area contributed by atoms with Crippen molar-refractivity contribution in [3.63, 3.8) is 0 Å². The highest BCUT2D eigenvalue weighted by Gasteiger charge is 2.74. The molecule has 17 heavy (non-hydrogen) atoms. The van der Waals surface area contributed by atoms with Gasteiger partial charge in [-0.3, -0.25) is 4.79 Å². The molecule has 3 rings (SSSR count). The molecule has 1 saturated heterocycles. The van der Waals surface area contributed by atoms with Crippen molar-refractivity contribution >= 4 is 5.97 Å². The van der Waals surface area contributed by atoms with Crippen LogP contribution in [0.15, 0.2) is 12.2 Å². The molecule has 3 nitrogen and oxygen atoms in total. The van der Waals surface area contributed by atoms with E-state index in [9.17, 15) is 9.90 Å². The molecule has 3 aliphatic rings. The summed E-state index contributed by atoms with van der Waals surface area (Å²) in [7, 11) is 0. The zero-order chi connectivity index (χ0) is 12.4. The zero-order valence-corrected chi connectivity index (χ0v) is 10.6. The highest BCUT2D eigenvalue weighted by molar-refractivity contribution is 5.83. The van der Waals surface area contributed by atoms with Crippen molar-refractivity contribution in [3.8, 4) is 0 Å². The Morgan fingerprint density at radius 3 is 2.71 bits per heavy atom. The topological polar surface area (TPSA) is 46.5 Å². The lowest BCUT2D eigenvalue weighted by molar-refractivity contribution is -0.159. The van der Waals surface area contributed by atoms with Crippen LogP contribution in [0, 0.1) is 28.6 Å². The van der Waals surface area contributed by atoms with E-state index in [1.807, 2.05) is 13.8 Å². The summed E-state index contributed by atoms with van der Waals surface area (Å²) in [6.07, 6.45) is 4.71. The van der Waals surface area contributed by atoms with Crippen LogP contribution >= 0.6 is 0 Å². The molecule has 2 fully saturated rings. The number of fused-ring (bicyclic) bond motifs is 5. The van der Waals surface area contributed by atoms with Gasteiger partial charge in [-0.1, -0.05) is 32.9 Å². The molecule has 1 saturated carbocycles. The van der Waals surface area contributed by atoms with Gasteiger partial charge in [-0.05, 0) is 24.2 Å². The first-order valence-electron chi connectivity index (χ1n) is 6.48. The summed E-state index contributed by atoms with van der Waals surface area (Å²) in [6.45, 7) is 6.51. The van der Waals surface area contributed by atoms with E-state index in [0.29, 0.717) is 12.5 Å². The van der Waals surface area contributed by atoms with Gasteiger partial charge in [-0.2, -0.15) is 0 Å². The second kappa shape index (κ2) is 3.14. The van der Waals surface area contributed by atoms with E-state index < -0.39 is 11.5 Å². The fourth-order valence-electron chi connectivity index (χ4n) is 4.39. The van der Waals surface area contributed by atoms with Gasteiger partial charge in [0.05, 0.1) is 12.7 Å². The van der Waals surface area contributed by atoms with Crippen molar-refractivity contribution in [3.05, 3.63) is 12.2 Å². The first kappa shape index (κ1) is 11.3. The lowest BCUT2D eigenvalue weighted by Gasteiger charge is -2.44. The third kappa shape index (κ3) is 1.00. The maximum atomic E-state index is 12.3. The van der Waals surface area contributed by atoms with Gasteiger partial charge in [0.25, 0.3) is 0 Å². The highest BCUT2D eigenvalue weighted by Crippen LogP contribution is 2.68. The van der Waals surface area contributed by atoms with Crippen LogP contribution in [0.3, 0.4) is 0 Å². The molecule has 0 amide bonds. The zero-order valence-electron chi connectivity index (χ0n) is 10.6. The monoisotopic (exact) mass is 236 g/mol. The van der Waals surface area contributed by atoms with Crippen molar-refractivity contribution < 1.29 is 14.6 Å². The van der Waals surface area contributed by atoms with Gasteiger partial charge >= 0.3 is 5.97 Å². The number of aliphatic hydroxyl groups excluding tert-OH is 1. The van der Waals surface area contributed by atoms with Crippen LogP contribution < -0.4 is 0 Å². The lowest BCUT2D eigenvalue weighted by Crippen LogP contribution is -2.54. The van der Waals surface area contributed by atoms with E-state index in [-0.39, 0.29) is 23.2 Å². The third-order valence-corrected chi connectivity index (χ3v) is 5.37. The van der Waals surface area contributed by atoms with Crippen LogP contribution in [0.1, 0.15) is 27.2 Å². The number of carbonyl (C=O) groups is 1. The Hall–Kier alpha value is -0.830. The van der Waals surface area contributed by atoms with Gasteiger partial charge < -0.3 is 9.84 Å². The largest absolute Gasteiger partial charge is 0.465 e. The van der Waals surface area contributed by atoms with E-state index >= 15 is 0 Å². The molecular formula is C14H20O3. The number of hydrogen-bond acceptors (Lipinski definition) is 3. The molecule has 0 aromatic heterocycles. The first-order chi connectivity index (χ1) is 7.94. The van der Waals surface area contributed by atoms with Crippen molar-refractivity contribution in [1.29, 1.82) is 0 Å². The fraction of sp³-hybridized carbons (Fsp3) is 0.786. The Bertz CT molecular complexity index is 400. The Kier molecular flexibility index (Phi) is 2.08. The summed E-state index contributed by atoms with van der Waals surface area (Å²) in [4.78, 5) is 12.3. The minimum absolute atomic E-state index is 0.0766. The van der Waals surface area contributed by atoms with Gasteiger partial charge in [-0.25, -0.2) is 0 Å². The number of cyclic esters (lactones) is 1. The molecule has 0 spiro atoms.